The molecule has 2 saturated heterocycles. The van der Waals surface area contributed by atoms with Crippen molar-refractivity contribution in [3.05, 3.63) is 23.9 Å². The predicted octanol–water partition coefficient (Wildman–Crippen LogP) is 3.68. The molecular formula is C22H29F3N4O5. The predicted molar refractivity (Wildman–Crippen MR) is 115 cm³/mol. The van der Waals surface area contributed by atoms with Gasteiger partial charge in [0.2, 0.25) is 0 Å². The molecule has 0 aromatic carbocycles. The summed E-state index contributed by atoms with van der Waals surface area (Å²) in [5, 5.41) is 0. The summed E-state index contributed by atoms with van der Waals surface area (Å²) in [7, 11) is 0. The Hall–Kier alpha value is -2.89. The monoisotopic (exact) mass is 486 g/mol. The van der Waals surface area contributed by atoms with Crippen LogP contribution in [0.15, 0.2) is 18.3 Å². The molecule has 4 amide bonds. The van der Waals surface area contributed by atoms with Gasteiger partial charge in [0.25, 0.3) is 5.91 Å². The standard InChI is InChI=1S/C22H29F3N4O5/c1-5-33-13-12-28-18(31)29(16-14-15(6-9-26-16)22(23,24)25)17(30)21(28)7-10-27(11-8-21)19(32)34-20(2,3)4/h6,9,14H,5,7-8,10-13H2,1-4H3. The average Bonchev–Trinajstić information content (AvgIpc) is 2.94. The molecule has 1 spiro atoms. The number of anilines is 1. The molecule has 2 fully saturated rings. The molecule has 188 valence electrons. The van der Waals surface area contributed by atoms with Crippen molar-refractivity contribution in [3.8, 4) is 0 Å². The van der Waals surface area contributed by atoms with Crippen LogP contribution in [0.3, 0.4) is 0 Å². The van der Waals surface area contributed by atoms with Crippen molar-refractivity contribution >= 4 is 23.8 Å². The smallest absolute Gasteiger partial charge is 0.416 e. The quantitative estimate of drug-likeness (QED) is 0.466. The van der Waals surface area contributed by atoms with Crippen LogP contribution in [0.4, 0.5) is 28.6 Å². The Morgan fingerprint density at radius 2 is 1.82 bits per heavy atom. The third kappa shape index (κ3) is 5.11. The molecule has 0 saturated carbocycles. The Morgan fingerprint density at radius 3 is 2.38 bits per heavy atom. The van der Waals surface area contributed by atoms with Crippen LogP contribution < -0.4 is 4.90 Å². The average molecular weight is 486 g/mol. The van der Waals surface area contributed by atoms with Gasteiger partial charge in [-0.05, 0) is 52.7 Å². The molecule has 12 heteroatoms. The number of likely N-dealkylation sites (tertiary alicyclic amines) is 1. The van der Waals surface area contributed by atoms with E-state index in [1.807, 2.05) is 0 Å². The summed E-state index contributed by atoms with van der Waals surface area (Å²) >= 11 is 0. The van der Waals surface area contributed by atoms with Crippen LogP contribution in [0.25, 0.3) is 0 Å². The van der Waals surface area contributed by atoms with Crippen LogP contribution in [0, 0.1) is 0 Å². The number of hydrogen-bond donors (Lipinski definition) is 0. The summed E-state index contributed by atoms with van der Waals surface area (Å²) < 4.78 is 50.4. The number of carbonyl (C=O) groups is 3. The fraction of sp³-hybridized carbons (Fsp3) is 0.636. The van der Waals surface area contributed by atoms with Gasteiger partial charge in [0.15, 0.2) is 0 Å². The Morgan fingerprint density at radius 1 is 1.18 bits per heavy atom. The Balaban J connectivity index is 1.89. The summed E-state index contributed by atoms with van der Waals surface area (Å²) in [6.45, 7) is 7.91. The number of rotatable bonds is 5. The number of aromatic nitrogens is 1. The second kappa shape index (κ2) is 9.40. The second-order valence-electron chi connectivity index (χ2n) is 9.17. The SMILES string of the molecule is CCOCCN1C(=O)N(c2cc(C(F)(F)F)ccn2)C(=O)C12CCN(C(=O)OC(C)(C)C)CC2. The summed E-state index contributed by atoms with van der Waals surface area (Å²) in [6.07, 6.45) is -4.05. The van der Waals surface area contributed by atoms with Gasteiger partial charge < -0.3 is 19.3 Å². The summed E-state index contributed by atoms with van der Waals surface area (Å²) in [5.74, 6) is -1.05. The molecule has 0 radical (unpaired) electrons. The number of hydrogen-bond acceptors (Lipinski definition) is 6. The topological polar surface area (TPSA) is 92.3 Å². The van der Waals surface area contributed by atoms with E-state index in [4.69, 9.17) is 9.47 Å². The van der Waals surface area contributed by atoms with Gasteiger partial charge in [-0.15, -0.1) is 0 Å². The number of alkyl halides is 3. The minimum absolute atomic E-state index is 0.0698. The van der Waals surface area contributed by atoms with Crippen molar-refractivity contribution in [2.75, 3.05) is 37.7 Å². The molecule has 0 bridgehead atoms. The molecule has 1 aromatic heterocycles. The molecule has 9 nitrogen and oxygen atoms in total. The fourth-order valence-corrected chi connectivity index (χ4v) is 4.11. The number of piperidine rings is 1. The third-order valence-corrected chi connectivity index (χ3v) is 5.75. The zero-order chi connectivity index (χ0) is 25.3. The highest BCUT2D eigenvalue weighted by Crippen LogP contribution is 2.40. The number of nitrogens with zero attached hydrogens (tertiary/aromatic N) is 4. The molecule has 34 heavy (non-hydrogen) atoms. The molecule has 2 aliphatic heterocycles. The van der Waals surface area contributed by atoms with Crippen LogP contribution in [0.1, 0.15) is 46.1 Å². The van der Waals surface area contributed by atoms with Gasteiger partial charge in [-0.2, -0.15) is 13.2 Å². The van der Waals surface area contributed by atoms with E-state index in [0.29, 0.717) is 17.6 Å². The van der Waals surface area contributed by atoms with E-state index in [1.54, 1.807) is 27.7 Å². The molecule has 3 rings (SSSR count). The largest absolute Gasteiger partial charge is 0.444 e. The zero-order valence-electron chi connectivity index (χ0n) is 19.6. The van der Waals surface area contributed by atoms with E-state index in [2.05, 4.69) is 4.98 Å². The Labute approximate surface area is 195 Å². The lowest BCUT2D eigenvalue weighted by Gasteiger charge is -2.42. The molecule has 0 unspecified atom stereocenters. The Bertz CT molecular complexity index is 939. The van der Waals surface area contributed by atoms with Gasteiger partial charge in [-0.25, -0.2) is 19.5 Å². The number of imide groups is 1. The second-order valence-corrected chi connectivity index (χ2v) is 9.17. The number of pyridine rings is 1. The fourth-order valence-electron chi connectivity index (χ4n) is 4.11. The highest BCUT2D eigenvalue weighted by molar-refractivity contribution is 6.23. The molecule has 3 heterocycles. The molecule has 1 aromatic rings. The van der Waals surface area contributed by atoms with E-state index in [1.165, 1.54) is 9.80 Å². The molecule has 0 aliphatic carbocycles. The van der Waals surface area contributed by atoms with Crippen molar-refractivity contribution in [2.45, 2.75) is 57.9 Å². The van der Waals surface area contributed by atoms with Crippen LogP contribution in [0.2, 0.25) is 0 Å². The number of ether oxygens (including phenoxy) is 2. The van der Waals surface area contributed by atoms with Gasteiger partial charge in [0.05, 0.1) is 12.2 Å². The Kier molecular flexibility index (Phi) is 7.11. The number of carbonyl (C=O) groups excluding carboxylic acids is 3. The van der Waals surface area contributed by atoms with Crippen molar-refractivity contribution in [2.24, 2.45) is 0 Å². The molecule has 0 atom stereocenters. The van der Waals surface area contributed by atoms with E-state index in [-0.39, 0.29) is 39.1 Å². The maximum atomic E-state index is 13.6. The number of urea groups is 1. The first-order valence-corrected chi connectivity index (χ1v) is 11.1. The number of halogens is 3. The zero-order valence-corrected chi connectivity index (χ0v) is 19.6. The van der Waals surface area contributed by atoms with E-state index in [9.17, 15) is 27.6 Å². The lowest BCUT2D eigenvalue weighted by molar-refractivity contribution is -0.137. The third-order valence-electron chi connectivity index (χ3n) is 5.75. The molecule has 0 N–H and O–H groups in total. The summed E-state index contributed by atoms with van der Waals surface area (Å²) in [4.78, 5) is 46.7. The molecule has 2 aliphatic rings. The first kappa shape index (κ1) is 25.7. The normalized spacial score (nSPS) is 18.7. The molecular weight excluding hydrogens is 457 g/mol. The van der Waals surface area contributed by atoms with Crippen molar-refractivity contribution in [1.29, 1.82) is 0 Å². The lowest BCUT2D eigenvalue weighted by atomic mass is 9.86. The van der Waals surface area contributed by atoms with Crippen molar-refractivity contribution in [3.63, 3.8) is 0 Å². The minimum atomic E-state index is -4.66. The van der Waals surface area contributed by atoms with Crippen LogP contribution in [0.5, 0.6) is 0 Å². The van der Waals surface area contributed by atoms with Gasteiger partial charge in [0, 0.05) is 32.4 Å². The van der Waals surface area contributed by atoms with E-state index < -0.39 is 46.7 Å². The first-order chi connectivity index (χ1) is 15.8. The first-order valence-electron chi connectivity index (χ1n) is 11.1. The van der Waals surface area contributed by atoms with Crippen LogP contribution >= 0.6 is 0 Å². The minimum Gasteiger partial charge on any atom is -0.444 e. The maximum Gasteiger partial charge on any atom is 0.416 e. The van der Waals surface area contributed by atoms with Gasteiger partial charge in [0.1, 0.15) is 17.0 Å². The highest BCUT2D eigenvalue weighted by Gasteiger charge is 2.59. The van der Waals surface area contributed by atoms with Crippen LogP contribution in [-0.2, 0) is 20.4 Å². The van der Waals surface area contributed by atoms with Gasteiger partial charge in [-0.3, -0.25) is 4.79 Å². The van der Waals surface area contributed by atoms with Crippen molar-refractivity contribution < 1.29 is 37.0 Å². The van der Waals surface area contributed by atoms with E-state index >= 15 is 0 Å². The van der Waals surface area contributed by atoms with E-state index in [0.717, 1.165) is 12.3 Å². The van der Waals surface area contributed by atoms with Crippen LogP contribution in [-0.4, -0.2) is 76.8 Å². The van der Waals surface area contributed by atoms with Gasteiger partial charge >= 0.3 is 18.3 Å². The summed E-state index contributed by atoms with van der Waals surface area (Å²) in [5.41, 5.74) is -3.02. The van der Waals surface area contributed by atoms with Gasteiger partial charge in [-0.1, -0.05) is 0 Å². The summed E-state index contributed by atoms with van der Waals surface area (Å²) in [6, 6.07) is 0.698. The highest BCUT2D eigenvalue weighted by atomic mass is 19.4. The van der Waals surface area contributed by atoms with Crippen molar-refractivity contribution in [1.82, 2.24) is 14.8 Å². The lowest BCUT2D eigenvalue weighted by Crippen LogP contribution is -2.58. The maximum absolute atomic E-state index is 13.6. The number of amides is 4.